The molecule has 0 aromatic rings. The van der Waals surface area contributed by atoms with Crippen molar-refractivity contribution in [3.8, 4) is 6.07 Å². The molecule has 0 saturated heterocycles. The predicted octanol–water partition coefficient (Wildman–Crippen LogP) is 3.41. The maximum absolute atomic E-state index is 8.57. The summed E-state index contributed by atoms with van der Waals surface area (Å²) in [5.41, 5.74) is 1.88. The molecule has 0 aliphatic heterocycles. The Labute approximate surface area is 99.7 Å². The van der Waals surface area contributed by atoms with Crippen molar-refractivity contribution >= 4 is 0 Å². The molecule has 1 aliphatic carbocycles. The van der Waals surface area contributed by atoms with E-state index in [0.29, 0.717) is 6.42 Å². The lowest BCUT2D eigenvalue weighted by molar-refractivity contribution is 0.319. The number of allylic oxidation sites excluding steroid dienone is 1. The van der Waals surface area contributed by atoms with E-state index in [2.05, 4.69) is 31.3 Å². The fourth-order valence-electron chi connectivity index (χ4n) is 2.12. The van der Waals surface area contributed by atoms with E-state index in [1.165, 1.54) is 25.7 Å². The molecule has 0 amide bonds. The van der Waals surface area contributed by atoms with Crippen LogP contribution in [0.5, 0.6) is 0 Å². The molecule has 0 fully saturated rings. The minimum Gasteiger partial charge on any atom is -0.316 e. The summed E-state index contributed by atoms with van der Waals surface area (Å²) >= 11 is 0. The van der Waals surface area contributed by atoms with Gasteiger partial charge in [-0.3, -0.25) is 0 Å². The maximum atomic E-state index is 8.57. The van der Waals surface area contributed by atoms with Crippen molar-refractivity contribution in [2.24, 2.45) is 5.41 Å². The molecule has 0 unspecified atom stereocenters. The molecule has 0 bridgehead atoms. The largest absolute Gasteiger partial charge is 0.316 e. The van der Waals surface area contributed by atoms with Gasteiger partial charge in [-0.2, -0.15) is 5.26 Å². The van der Waals surface area contributed by atoms with Gasteiger partial charge in [0.05, 0.1) is 6.07 Å². The Morgan fingerprint density at radius 1 is 1.50 bits per heavy atom. The van der Waals surface area contributed by atoms with Crippen LogP contribution in [-0.2, 0) is 0 Å². The van der Waals surface area contributed by atoms with Gasteiger partial charge in [-0.1, -0.05) is 25.5 Å². The zero-order valence-electron chi connectivity index (χ0n) is 10.7. The van der Waals surface area contributed by atoms with E-state index in [0.717, 1.165) is 19.5 Å². The second kappa shape index (κ2) is 6.70. The van der Waals surface area contributed by atoms with Crippen LogP contribution in [0.4, 0.5) is 0 Å². The van der Waals surface area contributed by atoms with E-state index in [4.69, 9.17) is 5.26 Å². The lowest BCUT2D eigenvalue weighted by atomic mass is 9.88. The zero-order chi connectivity index (χ0) is 11.9. The highest BCUT2D eigenvalue weighted by atomic mass is 14.9. The zero-order valence-corrected chi connectivity index (χ0v) is 10.7. The fourth-order valence-corrected chi connectivity index (χ4v) is 2.12. The SMILES string of the molecule is CC(C)(CCC#N)CNCCC1=CCCC1. The van der Waals surface area contributed by atoms with Crippen molar-refractivity contribution in [1.29, 1.82) is 5.26 Å². The Morgan fingerprint density at radius 2 is 2.31 bits per heavy atom. The van der Waals surface area contributed by atoms with Crippen LogP contribution in [0.15, 0.2) is 11.6 Å². The second-order valence-electron chi connectivity index (χ2n) is 5.50. The minimum absolute atomic E-state index is 0.250. The molecule has 0 saturated carbocycles. The van der Waals surface area contributed by atoms with Gasteiger partial charge in [0.1, 0.15) is 0 Å². The summed E-state index contributed by atoms with van der Waals surface area (Å²) in [7, 11) is 0. The minimum atomic E-state index is 0.250. The highest BCUT2D eigenvalue weighted by molar-refractivity contribution is 5.07. The Kier molecular flexibility index (Phi) is 5.55. The van der Waals surface area contributed by atoms with Gasteiger partial charge in [-0.05, 0) is 44.1 Å². The number of rotatable bonds is 7. The standard InChI is InChI=1S/C14H24N2/c1-14(2,9-5-10-15)12-16-11-8-13-6-3-4-7-13/h6,16H,3-5,7-9,11-12H2,1-2H3. The molecular weight excluding hydrogens is 196 g/mol. The first kappa shape index (κ1) is 13.3. The Morgan fingerprint density at radius 3 is 2.94 bits per heavy atom. The lowest BCUT2D eigenvalue weighted by Gasteiger charge is -2.23. The van der Waals surface area contributed by atoms with Crippen LogP contribution in [0.3, 0.4) is 0 Å². The highest BCUT2D eigenvalue weighted by Gasteiger charge is 2.16. The average Bonchev–Trinajstić information content (AvgIpc) is 2.75. The van der Waals surface area contributed by atoms with Crippen LogP contribution in [0.1, 0.15) is 52.4 Å². The van der Waals surface area contributed by atoms with Gasteiger partial charge in [0.15, 0.2) is 0 Å². The lowest BCUT2D eigenvalue weighted by Crippen LogP contribution is -2.30. The molecule has 2 heteroatoms. The van der Waals surface area contributed by atoms with E-state index in [9.17, 15) is 0 Å². The molecular formula is C14H24N2. The van der Waals surface area contributed by atoms with E-state index in [1.54, 1.807) is 5.57 Å². The first-order valence-corrected chi connectivity index (χ1v) is 6.40. The molecule has 1 aliphatic rings. The quantitative estimate of drug-likeness (QED) is 0.527. The first-order valence-electron chi connectivity index (χ1n) is 6.40. The molecule has 90 valence electrons. The molecule has 0 heterocycles. The van der Waals surface area contributed by atoms with Crippen molar-refractivity contribution in [3.63, 3.8) is 0 Å². The van der Waals surface area contributed by atoms with Gasteiger partial charge in [-0.25, -0.2) is 0 Å². The normalized spacial score (nSPS) is 15.9. The smallest absolute Gasteiger partial charge is 0.0621 e. The molecule has 1 rings (SSSR count). The van der Waals surface area contributed by atoms with Crippen LogP contribution in [0.25, 0.3) is 0 Å². The second-order valence-corrected chi connectivity index (χ2v) is 5.50. The molecule has 0 aromatic heterocycles. The number of nitriles is 1. The molecule has 1 N–H and O–H groups in total. The monoisotopic (exact) mass is 220 g/mol. The molecule has 0 radical (unpaired) electrons. The van der Waals surface area contributed by atoms with Crippen LogP contribution >= 0.6 is 0 Å². The molecule has 0 atom stereocenters. The summed E-state index contributed by atoms with van der Waals surface area (Å²) in [5.74, 6) is 0. The molecule has 0 aromatic carbocycles. The summed E-state index contributed by atoms with van der Waals surface area (Å²) in [4.78, 5) is 0. The summed E-state index contributed by atoms with van der Waals surface area (Å²) < 4.78 is 0. The van der Waals surface area contributed by atoms with E-state index in [-0.39, 0.29) is 5.41 Å². The maximum Gasteiger partial charge on any atom is 0.0621 e. The van der Waals surface area contributed by atoms with Crippen molar-refractivity contribution in [2.45, 2.75) is 52.4 Å². The Bertz CT molecular complexity index is 271. The number of hydrogen-bond donors (Lipinski definition) is 1. The van der Waals surface area contributed by atoms with Crippen LogP contribution in [0.2, 0.25) is 0 Å². The third kappa shape index (κ3) is 5.32. The Balaban J connectivity index is 2.07. The van der Waals surface area contributed by atoms with E-state index < -0.39 is 0 Å². The number of hydrogen-bond acceptors (Lipinski definition) is 2. The number of nitrogens with zero attached hydrogens (tertiary/aromatic N) is 1. The first-order chi connectivity index (χ1) is 7.64. The van der Waals surface area contributed by atoms with Gasteiger partial charge in [-0.15, -0.1) is 0 Å². The van der Waals surface area contributed by atoms with Crippen LogP contribution in [0, 0.1) is 16.7 Å². The summed E-state index contributed by atoms with van der Waals surface area (Å²) in [6.45, 7) is 6.56. The topological polar surface area (TPSA) is 35.8 Å². The summed E-state index contributed by atoms with van der Waals surface area (Å²) in [6.07, 6.45) is 9.18. The van der Waals surface area contributed by atoms with Crippen LogP contribution < -0.4 is 5.32 Å². The van der Waals surface area contributed by atoms with Gasteiger partial charge >= 0.3 is 0 Å². The van der Waals surface area contributed by atoms with Crippen molar-refractivity contribution in [2.75, 3.05) is 13.1 Å². The van der Waals surface area contributed by atoms with Crippen molar-refractivity contribution < 1.29 is 0 Å². The average molecular weight is 220 g/mol. The molecule has 16 heavy (non-hydrogen) atoms. The summed E-state index contributed by atoms with van der Waals surface area (Å²) in [5, 5.41) is 12.1. The molecule has 2 nitrogen and oxygen atoms in total. The van der Waals surface area contributed by atoms with Crippen LogP contribution in [-0.4, -0.2) is 13.1 Å². The fraction of sp³-hybridized carbons (Fsp3) is 0.786. The third-order valence-corrected chi connectivity index (χ3v) is 3.28. The van der Waals surface area contributed by atoms with Gasteiger partial charge in [0, 0.05) is 13.0 Å². The van der Waals surface area contributed by atoms with E-state index in [1.807, 2.05) is 0 Å². The third-order valence-electron chi connectivity index (χ3n) is 3.28. The van der Waals surface area contributed by atoms with Crippen molar-refractivity contribution in [1.82, 2.24) is 5.32 Å². The highest BCUT2D eigenvalue weighted by Crippen LogP contribution is 2.22. The predicted molar refractivity (Wildman–Crippen MR) is 68.0 cm³/mol. The van der Waals surface area contributed by atoms with Gasteiger partial charge < -0.3 is 5.32 Å². The van der Waals surface area contributed by atoms with Gasteiger partial charge in [0.25, 0.3) is 0 Å². The van der Waals surface area contributed by atoms with E-state index >= 15 is 0 Å². The number of nitrogens with one attached hydrogen (secondary N) is 1. The van der Waals surface area contributed by atoms with Gasteiger partial charge in [0.2, 0.25) is 0 Å². The van der Waals surface area contributed by atoms with Crippen molar-refractivity contribution in [3.05, 3.63) is 11.6 Å². The Hall–Kier alpha value is -0.810. The summed E-state index contributed by atoms with van der Waals surface area (Å²) in [6, 6.07) is 2.22. The molecule has 0 spiro atoms.